The number of carbonyl (C=O) groups excluding carboxylic acids is 2. The van der Waals surface area contributed by atoms with Crippen LogP contribution in [0.5, 0.6) is 0 Å². The van der Waals surface area contributed by atoms with E-state index in [0.717, 1.165) is 16.5 Å². The molecule has 3 aromatic rings. The molecule has 0 unspecified atom stereocenters. The Morgan fingerprint density at radius 3 is 2.27 bits per heavy atom. The number of hydrogen-bond donors (Lipinski definition) is 1. The zero-order chi connectivity index (χ0) is 21.4. The Hall–Kier alpha value is -3.15. The molecule has 1 aliphatic rings. The highest BCUT2D eigenvalue weighted by molar-refractivity contribution is 6.46. The SMILES string of the molecule is Cc1ccc(Cl)cc1NC1=C(c2ccc(Cl)cc2)C(=O)N(c2cccc(F)c2)C1=O. The van der Waals surface area contributed by atoms with Crippen molar-refractivity contribution in [2.75, 3.05) is 10.2 Å². The van der Waals surface area contributed by atoms with E-state index in [1.807, 2.05) is 6.92 Å². The summed E-state index contributed by atoms with van der Waals surface area (Å²) < 4.78 is 13.8. The third-order valence-corrected chi connectivity index (χ3v) is 5.23. The molecule has 0 spiro atoms. The van der Waals surface area contributed by atoms with E-state index in [4.69, 9.17) is 23.2 Å². The van der Waals surface area contributed by atoms with Crippen LogP contribution in [0.3, 0.4) is 0 Å². The lowest BCUT2D eigenvalue weighted by Gasteiger charge is -2.16. The van der Waals surface area contributed by atoms with Crippen LogP contribution in [-0.4, -0.2) is 11.8 Å². The molecule has 0 aromatic heterocycles. The van der Waals surface area contributed by atoms with Crippen LogP contribution in [0.1, 0.15) is 11.1 Å². The highest BCUT2D eigenvalue weighted by atomic mass is 35.5. The third kappa shape index (κ3) is 3.70. The monoisotopic (exact) mass is 440 g/mol. The summed E-state index contributed by atoms with van der Waals surface area (Å²) in [6.07, 6.45) is 0. The van der Waals surface area contributed by atoms with Gasteiger partial charge in [-0.1, -0.05) is 47.5 Å². The van der Waals surface area contributed by atoms with E-state index in [1.54, 1.807) is 42.5 Å². The maximum atomic E-state index is 13.8. The van der Waals surface area contributed by atoms with E-state index in [1.165, 1.54) is 18.2 Å². The first-order chi connectivity index (χ1) is 14.3. The number of nitrogens with zero attached hydrogens (tertiary/aromatic N) is 1. The van der Waals surface area contributed by atoms with E-state index in [9.17, 15) is 14.0 Å². The molecule has 0 atom stereocenters. The number of benzene rings is 3. The highest BCUT2D eigenvalue weighted by Crippen LogP contribution is 2.35. The number of nitrogens with one attached hydrogen (secondary N) is 1. The first-order valence-electron chi connectivity index (χ1n) is 9.03. The number of hydrogen-bond acceptors (Lipinski definition) is 3. The van der Waals surface area contributed by atoms with Gasteiger partial charge >= 0.3 is 0 Å². The van der Waals surface area contributed by atoms with E-state index < -0.39 is 17.6 Å². The van der Waals surface area contributed by atoms with Gasteiger partial charge in [-0.05, 0) is 60.5 Å². The second-order valence-corrected chi connectivity index (χ2v) is 7.64. The fraction of sp³-hybridized carbons (Fsp3) is 0.0435. The highest BCUT2D eigenvalue weighted by Gasteiger charge is 2.40. The molecule has 1 aliphatic heterocycles. The molecule has 3 aromatic carbocycles. The van der Waals surface area contributed by atoms with Gasteiger partial charge in [-0.2, -0.15) is 0 Å². The fourth-order valence-electron chi connectivity index (χ4n) is 3.24. The van der Waals surface area contributed by atoms with Gasteiger partial charge in [0.2, 0.25) is 0 Å². The Morgan fingerprint density at radius 2 is 1.57 bits per heavy atom. The predicted molar refractivity (Wildman–Crippen MR) is 117 cm³/mol. The van der Waals surface area contributed by atoms with Crippen molar-refractivity contribution in [1.82, 2.24) is 0 Å². The Balaban J connectivity index is 1.85. The molecule has 7 heteroatoms. The van der Waals surface area contributed by atoms with Crippen molar-refractivity contribution in [1.29, 1.82) is 0 Å². The Morgan fingerprint density at radius 1 is 0.867 bits per heavy atom. The van der Waals surface area contributed by atoms with Crippen LogP contribution in [0.4, 0.5) is 15.8 Å². The van der Waals surface area contributed by atoms with Crippen LogP contribution in [0.25, 0.3) is 5.57 Å². The zero-order valence-electron chi connectivity index (χ0n) is 15.7. The number of amides is 2. The minimum Gasteiger partial charge on any atom is -0.350 e. The molecule has 0 bridgehead atoms. The molecule has 1 heterocycles. The van der Waals surface area contributed by atoms with Crippen molar-refractivity contribution < 1.29 is 14.0 Å². The predicted octanol–water partition coefficient (Wildman–Crippen LogP) is 5.84. The Labute approximate surface area is 182 Å². The van der Waals surface area contributed by atoms with E-state index in [2.05, 4.69) is 5.32 Å². The first kappa shape index (κ1) is 20.1. The van der Waals surface area contributed by atoms with Gasteiger partial charge < -0.3 is 5.32 Å². The fourth-order valence-corrected chi connectivity index (χ4v) is 3.54. The number of anilines is 2. The zero-order valence-corrected chi connectivity index (χ0v) is 17.3. The molecule has 4 rings (SSSR count). The lowest BCUT2D eigenvalue weighted by Crippen LogP contribution is -2.32. The quantitative estimate of drug-likeness (QED) is 0.518. The smallest absolute Gasteiger partial charge is 0.282 e. The van der Waals surface area contributed by atoms with Gasteiger partial charge in [0.1, 0.15) is 11.5 Å². The topological polar surface area (TPSA) is 49.4 Å². The molecule has 150 valence electrons. The van der Waals surface area contributed by atoms with Gasteiger partial charge in [-0.25, -0.2) is 9.29 Å². The molecular formula is C23H15Cl2FN2O2. The molecule has 4 nitrogen and oxygen atoms in total. The number of halogens is 3. The van der Waals surface area contributed by atoms with Crippen molar-refractivity contribution in [3.8, 4) is 0 Å². The summed E-state index contributed by atoms with van der Waals surface area (Å²) in [6.45, 7) is 1.85. The number of carbonyl (C=O) groups is 2. The average molecular weight is 441 g/mol. The Kier molecular flexibility index (Phi) is 5.33. The van der Waals surface area contributed by atoms with Gasteiger partial charge in [0.15, 0.2) is 0 Å². The summed E-state index contributed by atoms with van der Waals surface area (Å²) in [5.41, 5.74) is 2.34. The summed E-state index contributed by atoms with van der Waals surface area (Å²) in [6, 6.07) is 17.1. The standard InChI is InChI=1S/C23H15Cl2FN2O2/c1-13-5-8-16(25)11-19(13)27-21-20(14-6-9-15(24)10-7-14)22(29)28(23(21)30)18-4-2-3-17(26)12-18/h2-12,27H,1H3. The number of imide groups is 1. The largest absolute Gasteiger partial charge is 0.350 e. The second-order valence-electron chi connectivity index (χ2n) is 6.77. The van der Waals surface area contributed by atoms with E-state index >= 15 is 0 Å². The lowest BCUT2D eigenvalue weighted by atomic mass is 10.0. The van der Waals surface area contributed by atoms with Crippen LogP contribution in [0.2, 0.25) is 10.0 Å². The molecular weight excluding hydrogens is 426 g/mol. The summed E-state index contributed by atoms with van der Waals surface area (Å²) >= 11 is 12.1. The normalized spacial score (nSPS) is 13.9. The average Bonchev–Trinajstić information content (AvgIpc) is 2.95. The van der Waals surface area contributed by atoms with Gasteiger partial charge in [0.25, 0.3) is 11.8 Å². The Bertz CT molecular complexity index is 1210. The number of aryl methyl sites for hydroxylation is 1. The molecule has 2 amide bonds. The summed E-state index contributed by atoms with van der Waals surface area (Å²) in [7, 11) is 0. The molecule has 0 saturated carbocycles. The van der Waals surface area contributed by atoms with Crippen LogP contribution < -0.4 is 10.2 Å². The van der Waals surface area contributed by atoms with Crippen LogP contribution in [0, 0.1) is 12.7 Å². The van der Waals surface area contributed by atoms with Crippen LogP contribution in [-0.2, 0) is 9.59 Å². The third-order valence-electron chi connectivity index (χ3n) is 4.74. The van der Waals surface area contributed by atoms with Crippen molar-refractivity contribution in [3.05, 3.63) is 99.4 Å². The minimum atomic E-state index is -0.588. The maximum Gasteiger partial charge on any atom is 0.282 e. The van der Waals surface area contributed by atoms with Gasteiger partial charge in [0.05, 0.1) is 11.3 Å². The molecule has 0 saturated heterocycles. The minimum absolute atomic E-state index is 0.0805. The van der Waals surface area contributed by atoms with Gasteiger partial charge in [-0.3, -0.25) is 9.59 Å². The molecule has 1 N–H and O–H groups in total. The van der Waals surface area contributed by atoms with Gasteiger partial charge in [-0.15, -0.1) is 0 Å². The molecule has 0 radical (unpaired) electrons. The second kappa shape index (κ2) is 7.94. The van der Waals surface area contributed by atoms with Crippen molar-refractivity contribution in [3.63, 3.8) is 0 Å². The maximum absolute atomic E-state index is 13.8. The number of rotatable bonds is 4. The van der Waals surface area contributed by atoms with Crippen molar-refractivity contribution in [2.24, 2.45) is 0 Å². The lowest BCUT2D eigenvalue weighted by molar-refractivity contribution is -0.120. The molecule has 0 aliphatic carbocycles. The molecule has 30 heavy (non-hydrogen) atoms. The van der Waals surface area contributed by atoms with Crippen LogP contribution >= 0.6 is 23.2 Å². The first-order valence-corrected chi connectivity index (χ1v) is 9.78. The van der Waals surface area contributed by atoms with Gasteiger partial charge in [0, 0.05) is 15.7 Å². The van der Waals surface area contributed by atoms with E-state index in [-0.39, 0.29) is 17.0 Å². The van der Waals surface area contributed by atoms with Crippen molar-refractivity contribution in [2.45, 2.75) is 6.92 Å². The summed E-state index contributed by atoms with van der Waals surface area (Å²) in [5, 5.41) is 4.04. The summed E-state index contributed by atoms with van der Waals surface area (Å²) in [4.78, 5) is 27.5. The summed E-state index contributed by atoms with van der Waals surface area (Å²) in [5.74, 6) is -1.70. The van der Waals surface area contributed by atoms with E-state index in [0.29, 0.717) is 21.3 Å². The molecule has 0 fully saturated rings. The van der Waals surface area contributed by atoms with Crippen molar-refractivity contribution >= 4 is 52.0 Å². The van der Waals surface area contributed by atoms with Crippen LogP contribution in [0.15, 0.2) is 72.4 Å².